The van der Waals surface area contributed by atoms with E-state index in [0.717, 1.165) is 12.1 Å². The van der Waals surface area contributed by atoms with Crippen LogP contribution in [0.1, 0.15) is 10.6 Å². The summed E-state index contributed by atoms with van der Waals surface area (Å²) in [5.74, 6) is -3.86. The van der Waals surface area contributed by atoms with Gasteiger partial charge in [0.05, 0.1) is 5.39 Å². The Hall–Kier alpha value is -1.91. The fourth-order valence-corrected chi connectivity index (χ4v) is 1.16. The normalized spacial score (nSPS) is 10.7. The molecule has 0 spiro atoms. The first-order valence-electron chi connectivity index (χ1n) is 3.70. The van der Waals surface area contributed by atoms with Crippen molar-refractivity contribution in [2.45, 2.75) is 0 Å². The standard InChI is InChI=1S/C9H4F2O3/c10-5-1-2-6-4(8(5)11)3-7(14-6)9(12)13/h1-3H,(H,12,13). The van der Waals surface area contributed by atoms with Crippen molar-refractivity contribution in [2.24, 2.45) is 0 Å². The van der Waals surface area contributed by atoms with Gasteiger partial charge in [0.2, 0.25) is 5.76 Å². The van der Waals surface area contributed by atoms with E-state index in [1.54, 1.807) is 0 Å². The summed E-state index contributed by atoms with van der Waals surface area (Å²) in [5.41, 5.74) is 0.0151. The van der Waals surface area contributed by atoms with E-state index in [1.807, 2.05) is 0 Å². The van der Waals surface area contributed by atoms with Gasteiger partial charge in [-0.2, -0.15) is 0 Å². The Labute approximate surface area is 76.6 Å². The third-order valence-corrected chi connectivity index (χ3v) is 1.80. The molecule has 0 fully saturated rings. The maximum absolute atomic E-state index is 13.0. The van der Waals surface area contributed by atoms with Gasteiger partial charge in [-0.25, -0.2) is 13.6 Å². The highest BCUT2D eigenvalue weighted by Crippen LogP contribution is 2.23. The van der Waals surface area contributed by atoms with Gasteiger partial charge in [0, 0.05) is 6.07 Å². The molecule has 0 saturated heterocycles. The predicted octanol–water partition coefficient (Wildman–Crippen LogP) is 2.41. The fourth-order valence-electron chi connectivity index (χ4n) is 1.16. The zero-order valence-electron chi connectivity index (χ0n) is 6.75. The first-order chi connectivity index (χ1) is 6.59. The summed E-state index contributed by atoms with van der Waals surface area (Å²) in [7, 11) is 0. The van der Waals surface area contributed by atoms with Crippen LogP contribution in [0, 0.1) is 11.6 Å². The number of hydrogen-bond donors (Lipinski definition) is 1. The van der Waals surface area contributed by atoms with Crippen LogP contribution in [0.25, 0.3) is 11.0 Å². The van der Waals surface area contributed by atoms with Gasteiger partial charge in [-0.1, -0.05) is 0 Å². The summed E-state index contributed by atoms with van der Waals surface area (Å²) < 4.78 is 30.5. The van der Waals surface area contributed by atoms with Crippen molar-refractivity contribution < 1.29 is 23.1 Å². The Morgan fingerprint density at radius 3 is 2.71 bits per heavy atom. The van der Waals surface area contributed by atoms with Gasteiger partial charge in [-0.3, -0.25) is 0 Å². The van der Waals surface area contributed by atoms with E-state index in [4.69, 9.17) is 9.52 Å². The SMILES string of the molecule is O=C(O)c1cc2c(F)c(F)ccc2o1. The molecule has 1 aromatic carbocycles. The summed E-state index contributed by atoms with van der Waals surface area (Å²) in [4.78, 5) is 10.5. The first kappa shape index (κ1) is 8.68. The second-order valence-electron chi connectivity index (χ2n) is 2.69. The van der Waals surface area contributed by atoms with Crippen molar-refractivity contribution in [3.8, 4) is 0 Å². The van der Waals surface area contributed by atoms with Crippen molar-refractivity contribution in [1.29, 1.82) is 0 Å². The number of carboxylic acid groups (broad SMARTS) is 1. The van der Waals surface area contributed by atoms with Crippen LogP contribution in [-0.4, -0.2) is 11.1 Å². The average Bonchev–Trinajstić information content (AvgIpc) is 2.56. The number of carboxylic acids is 1. The molecule has 3 nitrogen and oxygen atoms in total. The fraction of sp³-hybridized carbons (Fsp3) is 0. The van der Waals surface area contributed by atoms with Crippen molar-refractivity contribution in [1.82, 2.24) is 0 Å². The zero-order valence-corrected chi connectivity index (χ0v) is 6.75. The molecular formula is C9H4F2O3. The summed E-state index contributed by atoms with van der Waals surface area (Å²) in [6.07, 6.45) is 0. The maximum atomic E-state index is 13.0. The van der Waals surface area contributed by atoms with Crippen LogP contribution in [-0.2, 0) is 0 Å². The highest BCUT2D eigenvalue weighted by atomic mass is 19.2. The molecule has 1 N–H and O–H groups in total. The van der Waals surface area contributed by atoms with Crippen LogP contribution in [0.4, 0.5) is 8.78 Å². The lowest BCUT2D eigenvalue weighted by Gasteiger charge is -1.91. The monoisotopic (exact) mass is 198 g/mol. The summed E-state index contributed by atoms with van der Waals surface area (Å²) in [6.45, 7) is 0. The summed E-state index contributed by atoms with van der Waals surface area (Å²) in [6, 6.07) is 3.02. The molecular weight excluding hydrogens is 194 g/mol. The molecule has 2 rings (SSSR count). The smallest absolute Gasteiger partial charge is 0.371 e. The Bertz CT molecular complexity index is 516. The van der Waals surface area contributed by atoms with E-state index in [2.05, 4.69) is 0 Å². The van der Waals surface area contributed by atoms with Crippen LogP contribution in [0.2, 0.25) is 0 Å². The molecule has 0 aliphatic heterocycles. The van der Waals surface area contributed by atoms with Crippen LogP contribution in [0.3, 0.4) is 0 Å². The number of rotatable bonds is 1. The van der Waals surface area contributed by atoms with Crippen molar-refractivity contribution in [3.05, 3.63) is 35.6 Å². The number of aromatic carboxylic acids is 1. The van der Waals surface area contributed by atoms with Gasteiger partial charge in [0.15, 0.2) is 11.6 Å². The van der Waals surface area contributed by atoms with Crippen LogP contribution < -0.4 is 0 Å². The lowest BCUT2D eigenvalue weighted by molar-refractivity contribution is 0.0665. The van der Waals surface area contributed by atoms with Gasteiger partial charge < -0.3 is 9.52 Å². The molecule has 72 valence electrons. The number of fused-ring (bicyclic) bond motifs is 1. The van der Waals surface area contributed by atoms with Crippen LogP contribution in [0.5, 0.6) is 0 Å². The van der Waals surface area contributed by atoms with Gasteiger partial charge in [0.25, 0.3) is 0 Å². The summed E-state index contributed by atoms with van der Waals surface area (Å²) >= 11 is 0. The van der Waals surface area contributed by atoms with E-state index in [9.17, 15) is 13.6 Å². The third kappa shape index (κ3) is 1.14. The molecule has 1 heterocycles. The minimum atomic E-state index is -1.32. The Kier molecular flexibility index (Phi) is 1.73. The second-order valence-corrected chi connectivity index (χ2v) is 2.69. The third-order valence-electron chi connectivity index (χ3n) is 1.80. The Morgan fingerprint density at radius 1 is 1.36 bits per heavy atom. The number of carbonyl (C=O) groups is 1. The molecule has 5 heteroatoms. The minimum absolute atomic E-state index is 0.0151. The number of hydrogen-bond acceptors (Lipinski definition) is 2. The largest absolute Gasteiger partial charge is 0.475 e. The van der Waals surface area contributed by atoms with E-state index in [0.29, 0.717) is 0 Å². The molecule has 0 aliphatic carbocycles. The molecule has 0 bridgehead atoms. The highest BCUT2D eigenvalue weighted by molar-refractivity contribution is 5.91. The van der Waals surface area contributed by atoms with Gasteiger partial charge in [0.1, 0.15) is 5.58 Å². The Balaban J connectivity index is 2.77. The number of furan rings is 1. The summed E-state index contributed by atoms with van der Waals surface area (Å²) in [5, 5.41) is 8.37. The predicted molar refractivity (Wildman–Crippen MR) is 43.1 cm³/mol. The van der Waals surface area contributed by atoms with Crippen molar-refractivity contribution in [2.75, 3.05) is 0 Å². The topological polar surface area (TPSA) is 50.4 Å². The lowest BCUT2D eigenvalue weighted by Crippen LogP contribution is -1.91. The van der Waals surface area contributed by atoms with E-state index in [-0.39, 0.29) is 11.0 Å². The molecule has 1 aromatic heterocycles. The quantitative estimate of drug-likeness (QED) is 0.765. The van der Waals surface area contributed by atoms with Crippen LogP contribution in [0.15, 0.2) is 22.6 Å². The van der Waals surface area contributed by atoms with Crippen LogP contribution >= 0.6 is 0 Å². The number of halogens is 2. The maximum Gasteiger partial charge on any atom is 0.371 e. The molecule has 2 aromatic rings. The molecule has 0 unspecified atom stereocenters. The lowest BCUT2D eigenvalue weighted by atomic mass is 10.2. The van der Waals surface area contributed by atoms with Gasteiger partial charge >= 0.3 is 5.97 Å². The molecule has 0 saturated carbocycles. The van der Waals surface area contributed by atoms with E-state index in [1.165, 1.54) is 6.07 Å². The molecule has 0 atom stereocenters. The van der Waals surface area contributed by atoms with Crippen molar-refractivity contribution in [3.63, 3.8) is 0 Å². The highest BCUT2D eigenvalue weighted by Gasteiger charge is 2.15. The zero-order chi connectivity index (χ0) is 10.3. The Morgan fingerprint density at radius 2 is 2.07 bits per heavy atom. The van der Waals surface area contributed by atoms with Gasteiger partial charge in [-0.15, -0.1) is 0 Å². The molecule has 0 radical (unpaired) electrons. The van der Waals surface area contributed by atoms with Crippen molar-refractivity contribution >= 4 is 16.9 Å². The van der Waals surface area contributed by atoms with Gasteiger partial charge in [-0.05, 0) is 12.1 Å². The molecule has 0 aliphatic rings. The molecule has 14 heavy (non-hydrogen) atoms. The average molecular weight is 198 g/mol. The molecule has 0 amide bonds. The second kappa shape index (κ2) is 2.80. The van der Waals surface area contributed by atoms with E-state index >= 15 is 0 Å². The first-order valence-corrected chi connectivity index (χ1v) is 3.70. The minimum Gasteiger partial charge on any atom is -0.475 e. The van der Waals surface area contributed by atoms with E-state index < -0.39 is 23.4 Å². The number of benzene rings is 1.